The summed E-state index contributed by atoms with van der Waals surface area (Å²) in [7, 11) is 0. The van der Waals surface area contributed by atoms with E-state index in [0.29, 0.717) is 6.10 Å². The summed E-state index contributed by atoms with van der Waals surface area (Å²) in [6.07, 6.45) is 11.3. The van der Waals surface area contributed by atoms with Gasteiger partial charge in [0.2, 0.25) is 0 Å². The number of benzene rings is 1. The summed E-state index contributed by atoms with van der Waals surface area (Å²) in [6.45, 7) is 3.07. The molecule has 0 unspecified atom stereocenters. The van der Waals surface area contributed by atoms with Gasteiger partial charge in [0, 0.05) is 5.41 Å². The smallest absolute Gasteiger partial charge is 0.0724 e. The molecule has 0 fully saturated rings. The lowest BCUT2D eigenvalue weighted by molar-refractivity contribution is -0.0277. The fourth-order valence-electron chi connectivity index (χ4n) is 3.54. The van der Waals surface area contributed by atoms with Crippen LogP contribution in [0.1, 0.15) is 50.2 Å². The molecule has 0 aromatic heterocycles. The van der Waals surface area contributed by atoms with E-state index < -0.39 is 0 Å². The molecule has 0 saturated heterocycles. The van der Waals surface area contributed by atoms with E-state index in [1.165, 1.54) is 43.2 Å². The normalized spacial score (nSPS) is 29.7. The Balaban J connectivity index is 2.07. The third-order valence-electron chi connectivity index (χ3n) is 4.49. The van der Waals surface area contributed by atoms with Crippen molar-refractivity contribution in [1.82, 2.24) is 0 Å². The molecule has 1 heteroatoms. The van der Waals surface area contributed by atoms with Crippen molar-refractivity contribution >= 4 is 0 Å². The Bertz CT molecular complexity index is 449. The van der Waals surface area contributed by atoms with Gasteiger partial charge in [-0.2, -0.15) is 0 Å². The quantitative estimate of drug-likeness (QED) is 0.715. The fraction of sp³-hybridized carbons (Fsp3) is 0.529. The number of rotatable bonds is 3. The summed E-state index contributed by atoms with van der Waals surface area (Å²) in [6, 6.07) is 8.85. The second-order valence-corrected chi connectivity index (χ2v) is 5.58. The van der Waals surface area contributed by atoms with Crippen LogP contribution in [-0.4, -0.2) is 6.10 Å². The highest BCUT2D eigenvalue weighted by Gasteiger charge is 2.43. The van der Waals surface area contributed by atoms with E-state index in [4.69, 9.17) is 4.74 Å². The maximum atomic E-state index is 6.16. The number of hydrogen-bond donors (Lipinski definition) is 0. The van der Waals surface area contributed by atoms with Crippen molar-refractivity contribution in [2.45, 2.75) is 57.2 Å². The van der Waals surface area contributed by atoms with Crippen LogP contribution in [-0.2, 0) is 16.8 Å². The summed E-state index contributed by atoms with van der Waals surface area (Å²) in [4.78, 5) is 0. The molecule has 1 aliphatic heterocycles. The molecule has 3 rings (SSSR count). The van der Waals surface area contributed by atoms with E-state index in [1.54, 1.807) is 0 Å². The lowest BCUT2D eigenvalue weighted by Gasteiger charge is -2.45. The van der Waals surface area contributed by atoms with Gasteiger partial charge in [0.15, 0.2) is 0 Å². The van der Waals surface area contributed by atoms with E-state index >= 15 is 0 Å². The molecule has 0 spiro atoms. The monoisotopic (exact) mass is 242 g/mol. The van der Waals surface area contributed by atoms with Gasteiger partial charge >= 0.3 is 0 Å². The first-order valence-electron chi connectivity index (χ1n) is 7.24. The van der Waals surface area contributed by atoms with Crippen LogP contribution >= 0.6 is 0 Å². The summed E-state index contributed by atoms with van der Waals surface area (Å²) < 4.78 is 6.16. The molecule has 0 radical (unpaired) electrons. The van der Waals surface area contributed by atoms with Gasteiger partial charge in [-0.25, -0.2) is 0 Å². The molecule has 1 heterocycles. The minimum atomic E-state index is 0.156. The Morgan fingerprint density at radius 2 is 2.22 bits per heavy atom. The lowest BCUT2D eigenvalue weighted by atomic mass is 9.66. The maximum Gasteiger partial charge on any atom is 0.0724 e. The average molecular weight is 242 g/mol. The molecule has 1 aromatic rings. The van der Waals surface area contributed by atoms with Gasteiger partial charge in [-0.3, -0.25) is 0 Å². The average Bonchev–Trinajstić information content (AvgIpc) is 2.45. The first-order valence-corrected chi connectivity index (χ1v) is 7.24. The van der Waals surface area contributed by atoms with Crippen LogP contribution in [0.25, 0.3) is 0 Å². The van der Waals surface area contributed by atoms with Crippen molar-refractivity contribution < 1.29 is 4.74 Å². The van der Waals surface area contributed by atoms with Crippen LogP contribution in [0.4, 0.5) is 0 Å². The Labute approximate surface area is 110 Å². The molecule has 1 nitrogen and oxygen atoms in total. The minimum Gasteiger partial charge on any atom is -0.372 e. The second-order valence-electron chi connectivity index (χ2n) is 5.58. The summed E-state index contributed by atoms with van der Waals surface area (Å²) in [5, 5.41) is 0. The number of ether oxygens (including phenoxy) is 1. The van der Waals surface area contributed by atoms with Gasteiger partial charge in [-0.05, 0) is 30.4 Å². The van der Waals surface area contributed by atoms with E-state index in [0.717, 1.165) is 6.61 Å². The van der Waals surface area contributed by atoms with Crippen LogP contribution in [0.3, 0.4) is 0 Å². The highest BCUT2D eigenvalue weighted by molar-refractivity contribution is 5.42. The molecule has 2 atom stereocenters. The molecule has 18 heavy (non-hydrogen) atoms. The zero-order valence-electron chi connectivity index (χ0n) is 11.2. The van der Waals surface area contributed by atoms with Gasteiger partial charge in [-0.15, -0.1) is 0 Å². The van der Waals surface area contributed by atoms with Crippen LogP contribution in [0, 0.1) is 0 Å². The largest absolute Gasteiger partial charge is 0.372 e. The van der Waals surface area contributed by atoms with Crippen LogP contribution < -0.4 is 0 Å². The minimum absolute atomic E-state index is 0.156. The zero-order chi connectivity index (χ0) is 12.4. The maximum absolute atomic E-state index is 6.16. The van der Waals surface area contributed by atoms with Gasteiger partial charge in [0.05, 0.1) is 12.7 Å². The van der Waals surface area contributed by atoms with Gasteiger partial charge < -0.3 is 4.74 Å². The van der Waals surface area contributed by atoms with Gasteiger partial charge in [0.1, 0.15) is 0 Å². The van der Waals surface area contributed by atoms with Gasteiger partial charge in [0.25, 0.3) is 0 Å². The molecule has 96 valence electrons. The molecular formula is C17H22O. The molecule has 0 bridgehead atoms. The number of allylic oxidation sites excluding steroid dienone is 1. The Morgan fingerprint density at radius 3 is 3.11 bits per heavy atom. The summed E-state index contributed by atoms with van der Waals surface area (Å²) in [5.41, 5.74) is 3.06. The predicted octanol–water partition coefficient (Wildman–Crippen LogP) is 4.36. The number of hydrogen-bond acceptors (Lipinski definition) is 1. The molecule has 1 aliphatic carbocycles. The second kappa shape index (κ2) is 4.89. The Hall–Kier alpha value is -1.08. The van der Waals surface area contributed by atoms with Crippen molar-refractivity contribution in [3.05, 3.63) is 47.5 Å². The van der Waals surface area contributed by atoms with E-state index in [1.807, 2.05) is 0 Å². The van der Waals surface area contributed by atoms with E-state index in [-0.39, 0.29) is 5.41 Å². The molecule has 0 amide bonds. The predicted molar refractivity (Wildman–Crippen MR) is 74.6 cm³/mol. The van der Waals surface area contributed by atoms with Crippen molar-refractivity contribution in [3.63, 3.8) is 0 Å². The number of fused-ring (bicyclic) bond motifs is 3. The highest BCUT2D eigenvalue weighted by Crippen LogP contribution is 2.45. The third kappa shape index (κ3) is 1.81. The Morgan fingerprint density at radius 1 is 1.33 bits per heavy atom. The van der Waals surface area contributed by atoms with E-state index in [2.05, 4.69) is 43.3 Å². The van der Waals surface area contributed by atoms with Gasteiger partial charge in [-0.1, -0.05) is 56.2 Å². The third-order valence-corrected chi connectivity index (χ3v) is 4.49. The SMILES string of the molecule is CCCC[C@@]12C=CCC[C@@H]1OCc1ccccc12. The highest BCUT2D eigenvalue weighted by atomic mass is 16.5. The summed E-state index contributed by atoms with van der Waals surface area (Å²) >= 11 is 0. The van der Waals surface area contributed by atoms with Crippen molar-refractivity contribution in [2.75, 3.05) is 0 Å². The molecule has 2 aliphatic rings. The van der Waals surface area contributed by atoms with E-state index in [9.17, 15) is 0 Å². The number of unbranched alkanes of at least 4 members (excludes halogenated alkanes) is 1. The Kier molecular flexibility index (Phi) is 3.25. The van der Waals surface area contributed by atoms with Crippen LogP contribution in [0.15, 0.2) is 36.4 Å². The molecule has 1 aromatic carbocycles. The lowest BCUT2D eigenvalue weighted by Crippen LogP contribution is -2.45. The molecule has 0 N–H and O–H groups in total. The first kappa shape index (κ1) is 12.0. The van der Waals surface area contributed by atoms with Crippen molar-refractivity contribution in [1.29, 1.82) is 0 Å². The molecular weight excluding hydrogens is 220 g/mol. The van der Waals surface area contributed by atoms with Crippen LogP contribution in [0.2, 0.25) is 0 Å². The zero-order valence-corrected chi connectivity index (χ0v) is 11.2. The van der Waals surface area contributed by atoms with Crippen LogP contribution in [0.5, 0.6) is 0 Å². The molecule has 0 saturated carbocycles. The van der Waals surface area contributed by atoms with Crippen molar-refractivity contribution in [2.24, 2.45) is 0 Å². The summed E-state index contributed by atoms with van der Waals surface area (Å²) in [5.74, 6) is 0. The standard InChI is InChI=1S/C17H22O/c1-2-3-11-17-12-7-6-10-16(17)18-13-14-8-4-5-9-15(14)17/h4-5,7-9,12,16H,2-3,6,10-11,13H2,1H3/t16-,17-/m0/s1. The van der Waals surface area contributed by atoms with Crippen molar-refractivity contribution in [3.8, 4) is 0 Å². The first-order chi connectivity index (χ1) is 8.87. The fourth-order valence-corrected chi connectivity index (χ4v) is 3.54. The topological polar surface area (TPSA) is 9.23 Å².